The standard InChI is InChI=1S/C20H21N5O2/c21-16-5-3-14(19-2-1-11-27-19)12-18(16)24-20(26)17-6-4-15(13-23-17)25-9-7-22-8-10-25/h1-6,11-13,22H,7-10,21H2,(H,24,26). The minimum Gasteiger partial charge on any atom is -0.464 e. The Kier molecular flexibility index (Phi) is 4.76. The summed E-state index contributed by atoms with van der Waals surface area (Å²) in [5.74, 6) is 0.411. The summed E-state index contributed by atoms with van der Waals surface area (Å²) < 4.78 is 5.40. The number of nitrogens with zero attached hydrogens (tertiary/aromatic N) is 2. The minimum atomic E-state index is -0.301. The van der Waals surface area contributed by atoms with Crippen LogP contribution >= 0.6 is 0 Å². The fraction of sp³-hybridized carbons (Fsp3) is 0.200. The molecule has 1 aliphatic heterocycles. The number of hydrogen-bond acceptors (Lipinski definition) is 6. The Bertz CT molecular complexity index is 916. The van der Waals surface area contributed by atoms with E-state index in [1.807, 2.05) is 24.3 Å². The van der Waals surface area contributed by atoms with E-state index in [1.54, 1.807) is 30.7 Å². The van der Waals surface area contributed by atoms with Crippen LogP contribution in [0.1, 0.15) is 10.5 Å². The van der Waals surface area contributed by atoms with Crippen LogP contribution in [0.4, 0.5) is 17.1 Å². The van der Waals surface area contributed by atoms with E-state index in [2.05, 4.69) is 20.5 Å². The number of nitrogen functional groups attached to an aromatic ring is 1. The molecule has 0 radical (unpaired) electrons. The fourth-order valence-electron chi connectivity index (χ4n) is 3.08. The van der Waals surface area contributed by atoms with Crippen molar-refractivity contribution in [1.82, 2.24) is 10.3 Å². The van der Waals surface area contributed by atoms with Gasteiger partial charge in [0.2, 0.25) is 0 Å². The van der Waals surface area contributed by atoms with Gasteiger partial charge in [-0.25, -0.2) is 4.98 Å². The molecule has 0 aliphatic carbocycles. The fourth-order valence-corrected chi connectivity index (χ4v) is 3.08. The molecule has 7 heteroatoms. The molecule has 1 saturated heterocycles. The topological polar surface area (TPSA) is 96.4 Å². The summed E-state index contributed by atoms with van der Waals surface area (Å²) in [6.07, 6.45) is 3.34. The Labute approximate surface area is 157 Å². The van der Waals surface area contributed by atoms with E-state index in [-0.39, 0.29) is 5.91 Å². The Balaban J connectivity index is 1.49. The molecule has 138 valence electrons. The van der Waals surface area contributed by atoms with Crippen molar-refractivity contribution in [3.8, 4) is 11.3 Å². The van der Waals surface area contributed by atoms with Crippen molar-refractivity contribution >= 4 is 23.0 Å². The lowest BCUT2D eigenvalue weighted by molar-refractivity contribution is 0.102. The third-order valence-corrected chi connectivity index (χ3v) is 4.57. The predicted octanol–water partition coefficient (Wildman–Crippen LogP) is 2.59. The van der Waals surface area contributed by atoms with Crippen molar-refractivity contribution in [2.45, 2.75) is 0 Å². The third-order valence-electron chi connectivity index (χ3n) is 4.57. The molecule has 3 aromatic rings. The number of hydrogen-bond donors (Lipinski definition) is 3. The average molecular weight is 363 g/mol. The summed E-state index contributed by atoms with van der Waals surface area (Å²) in [6.45, 7) is 3.77. The maximum atomic E-state index is 12.6. The van der Waals surface area contributed by atoms with Crippen LogP contribution in [0.2, 0.25) is 0 Å². The Hall–Kier alpha value is -3.32. The molecular weight excluding hydrogens is 342 g/mol. The first-order valence-corrected chi connectivity index (χ1v) is 8.87. The molecule has 1 amide bonds. The van der Waals surface area contributed by atoms with Crippen LogP contribution in [0.25, 0.3) is 11.3 Å². The third kappa shape index (κ3) is 3.78. The van der Waals surface area contributed by atoms with Gasteiger partial charge in [-0.2, -0.15) is 0 Å². The van der Waals surface area contributed by atoms with Gasteiger partial charge >= 0.3 is 0 Å². The molecule has 0 saturated carbocycles. The summed E-state index contributed by atoms with van der Waals surface area (Å²) in [7, 11) is 0. The SMILES string of the molecule is Nc1ccc(-c2ccco2)cc1NC(=O)c1ccc(N2CCNCC2)cn1. The Morgan fingerprint density at radius 1 is 1.19 bits per heavy atom. The summed E-state index contributed by atoms with van der Waals surface area (Å²) in [4.78, 5) is 19.1. The van der Waals surface area contributed by atoms with Gasteiger partial charge in [0.25, 0.3) is 5.91 Å². The Morgan fingerprint density at radius 2 is 2.04 bits per heavy atom. The van der Waals surface area contributed by atoms with Crippen molar-refractivity contribution in [3.05, 3.63) is 60.6 Å². The van der Waals surface area contributed by atoms with E-state index in [9.17, 15) is 4.79 Å². The van der Waals surface area contributed by atoms with E-state index in [0.717, 1.165) is 37.4 Å². The summed E-state index contributed by atoms with van der Waals surface area (Å²) in [6, 6.07) is 12.7. The zero-order valence-corrected chi connectivity index (χ0v) is 14.8. The van der Waals surface area contributed by atoms with E-state index < -0.39 is 0 Å². The van der Waals surface area contributed by atoms with E-state index >= 15 is 0 Å². The number of anilines is 3. The molecular formula is C20H21N5O2. The van der Waals surface area contributed by atoms with Crippen LogP contribution in [0.15, 0.2) is 59.3 Å². The molecule has 0 spiro atoms. The highest BCUT2D eigenvalue weighted by molar-refractivity contribution is 6.05. The molecule has 4 rings (SSSR count). The van der Waals surface area contributed by atoms with Crippen molar-refractivity contribution in [2.75, 3.05) is 42.1 Å². The zero-order valence-electron chi connectivity index (χ0n) is 14.8. The van der Waals surface area contributed by atoms with Crippen LogP contribution in [0, 0.1) is 0 Å². The molecule has 4 N–H and O–H groups in total. The van der Waals surface area contributed by atoms with Crippen molar-refractivity contribution in [3.63, 3.8) is 0 Å². The molecule has 3 heterocycles. The molecule has 1 aliphatic rings. The molecule has 7 nitrogen and oxygen atoms in total. The quantitative estimate of drug-likeness (QED) is 0.617. The Morgan fingerprint density at radius 3 is 2.74 bits per heavy atom. The number of rotatable bonds is 4. The number of aromatic nitrogens is 1. The van der Waals surface area contributed by atoms with Gasteiger partial charge < -0.3 is 25.7 Å². The van der Waals surface area contributed by atoms with Gasteiger partial charge in [0, 0.05) is 31.7 Å². The monoisotopic (exact) mass is 363 g/mol. The highest BCUT2D eigenvalue weighted by Gasteiger charge is 2.14. The second kappa shape index (κ2) is 7.51. The highest BCUT2D eigenvalue weighted by Crippen LogP contribution is 2.28. The van der Waals surface area contributed by atoms with Gasteiger partial charge in [-0.1, -0.05) is 0 Å². The van der Waals surface area contributed by atoms with E-state index in [1.165, 1.54) is 0 Å². The van der Waals surface area contributed by atoms with Crippen LogP contribution in [0.3, 0.4) is 0 Å². The van der Waals surface area contributed by atoms with E-state index in [4.69, 9.17) is 10.2 Å². The molecule has 27 heavy (non-hydrogen) atoms. The number of carbonyl (C=O) groups excluding carboxylic acids is 1. The van der Waals surface area contributed by atoms with Crippen LogP contribution in [-0.2, 0) is 0 Å². The zero-order chi connectivity index (χ0) is 18.6. The van der Waals surface area contributed by atoms with Gasteiger partial charge in [-0.3, -0.25) is 4.79 Å². The number of piperazine rings is 1. The molecule has 0 atom stereocenters. The second-order valence-electron chi connectivity index (χ2n) is 6.37. The summed E-state index contributed by atoms with van der Waals surface area (Å²) in [5.41, 5.74) is 9.23. The minimum absolute atomic E-state index is 0.301. The largest absolute Gasteiger partial charge is 0.464 e. The van der Waals surface area contributed by atoms with Crippen molar-refractivity contribution in [2.24, 2.45) is 0 Å². The first kappa shape index (κ1) is 17.1. The van der Waals surface area contributed by atoms with Crippen molar-refractivity contribution in [1.29, 1.82) is 0 Å². The van der Waals surface area contributed by atoms with Gasteiger partial charge in [0.1, 0.15) is 11.5 Å². The second-order valence-corrected chi connectivity index (χ2v) is 6.37. The summed E-state index contributed by atoms with van der Waals surface area (Å²) >= 11 is 0. The maximum absolute atomic E-state index is 12.6. The van der Waals surface area contributed by atoms with Crippen LogP contribution < -0.4 is 21.3 Å². The molecule has 1 aromatic carbocycles. The van der Waals surface area contributed by atoms with Crippen LogP contribution in [0.5, 0.6) is 0 Å². The van der Waals surface area contributed by atoms with Gasteiger partial charge in [0.15, 0.2) is 0 Å². The van der Waals surface area contributed by atoms with Gasteiger partial charge in [-0.05, 0) is 42.5 Å². The first-order chi connectivity index (χ1) is 13.2. The summed E-state index contributed by atoms with van der Waals surface area (Å²) in [5, 5.41) is 6.15. The smallest absolute Gasteiger partial charge is 0.274 e. The predicted molar refractivity (Wildman–Crippen MR) is 106 cm³/mol. The number of furan rings is 1. The molecule has 1 fully saturated rings. The number of amides is 1. The lowest BCUT2D eigenvalue weighted by Gasteiger charge is -2.29. The van der Waals surface area contributed by atoms with Gasteiger partial charge in [0.05, 0.1) is 29.5 Å². The molecule has 2 aromatic heterocycles. The lowest BCUT2D eigenvalue weighted by Crippen LogP contribution is -2.43. The number of pyridine rings is 1. The molecule has 0 unspecified atom stereocenters. The number of carbonyl (C=O) groups is 1. The van der Waals surface area contributed by atoms with E-state index in [0.29, 0.717) is 22.8 Å². The number of nitrogens with one attached hydrogen (secondary N) is 2. The normalized spacial score (nSPS) is 14.1. The van der Waals surface area contributed by atoms with Gasteiger partial charge in [-0.15, -0.1) is 0 Å². The number of nitrogens with two attached hydrogens (primary N) is 1. The van der Waals surface area contributed by atoms with Crippen LogP contribution in [-0.4, -0.2) is 37.1 Å². The maximum Gasteiger partial charge on any atom is 0.274 e. The molecule has 0 bridgehead atoms. The lowest BCUT2D eigenvalue weighted by atomic mass is 10.1. The average Bonchev–Trinajstić information content (AvgIpc) is 3.25. The first-order valence-electron chi connectivity index (χ1n) is 8.87. The highest BCUT2D eigenvalue weighted by atomic mass is 16.3. The van der Waals surface area contributed by atoms with Crippen molar-refractivity contribution < 1.29 is 9.21 Å². The number of benzene rings is 1.